The summed E-state index contributed by atoms with van der Waals surface area (Å²) >= 11 is 0. The molecule has 1 aliphatic heterocycles. The van der Waals surface area contributed by atoms with Gasteiger partial charge in [-0.25, -0.2) is 9.97 Å². The van der Waals surface area contributed by atoms with E-state index >= 15 is 0 Å². The molecule has 1 saturated heterocycles. The molecule has 3 heterocycles. The first-order chi connectivity index (χ1) is 11.7. The van der Waals surface area contributed by atoms with Crippen LogP contribution in [0.5, 0.6) is 0 Å². The Hall–Kier alpha value is -2.44. The highest BCUT2D eigenvalue weighted by atomic mass is 16.5. The average Bonchev–Trinajstić information content (AvgIpc) is 3.09. The zero-order chi connectivity index (χ0) is 16.5. The van der Waals surface area contributed by atoms with Gasteiger partial charge in [0.25, 0.3) is 5.91 Å². The number of hydrogen-bond acceptors (Lipinski definition) is 6. The maximum absolute atomic E-state index is 12.2. The molecule has 2 aromatic heterocycles. The van der Waals surface area contributed by atoms with Crippen molar-refractivity contribution in [3.8, 4) is 0 Å². The Morgan fingerprint density at radius 1 is 1.29 bits per heavy atom. The molecule has 0 radical (unpaired) electrons. The maximum atomic E-state index is 12.2. The van der Waals surface area contributed by atoms with Crippen LogP contribution in [0.25, 0.3) is 0 Å². The van der Waals surface area contributed by atoms with E-state index in [4.69, 9.17) is 4.52 Å². The molecule has 1 N–H and O–H groups in total. The van der Waals surface area contributed by atoms with Crippen molar-refractivity contribution in [2.45, 2.75) is 45.1 Å². The van der Waals surface area contributed by atoms with Crippen molar-refractivity contribution < 1.29 is 9.32 Å². The summed E-state index contributed by atoms with van der Waals surface area (Å²) in [6.07, 6.45) is 4.63. The normalized spacial score (nSPS) is 17.3. The highest BCUT2D eigenvalue weighted by molar-refractivity contribution is 5.92. The van der Waals surface area contributed by atoms with Crippen LogP contribution in [0.1, 0.15) is 59.4 Å². The molecular formula is C17H21N5O2. The summed E-state index contributed by atoms with van der Waals surface area (Å²) in [6.45, 7) is 4.30. The second-order valence-corrected chi connectivity index (χ2v) is 6.55. The van der Waals surface area contributed by atoms with E-state index < -0.39 is 0 Å². The summed E-state index contributed by atoms with van der Waals surface area (Å²) in [7, 11) is 0. The van der Waals surface area contributed by atoms with Crippen LogP contribution in [-0.2, 0) is 6.54 Å². The lowest BCUT2D eigenvalue weighted by Gasteiger charge is -2.17. The summed E-state index contributed by atoms with van der Waals surface area (Å²) in [5.74, 6) is 2.57. The molecule has 4 rings (SSSR count). The fraction of sp³-hybridized carbons (Fsp3) is 0.529. The van der Waals surface area contributed by atoms with E-state index in [1.807, 2.05) is 13.0 Å². The van der Waals surface area contributed by atoms with Gasteiger partial charge in [-0.1, -0.05) is 5.16 Å². The smallest absolute Gasteiger partial charge is 0.273 e. The minimum Gasteiger partial charge on any atom is -0.360 e. The van der Waals surface area contributed by atoms with Gasteiger partial charge in [0.1, 0.15) is 17.4 Å². The first kappa shape index (κ1) is 15.1. The molecule has 0 unspecified atom stereocenters. The SMILES string of the molecule is Cc1cc(N2CCCC2)nc(CNC(=O)c2cc(C3CC3)on2)n1. The molecule has 0 aromatic carbocycles. The van der Waals surface area contributed by atoms with Crippen molar-refractivity contribution in [2.24, 2.45) is 0 Å². The van der Waals surface area contributed by atoms with Gasteiger partial charge < -0.3 is 14.7 Å². The molecular weight excluding hydrogens is 306 g/mol. The Bertz CT molecular complexity index is 747. The number of hydrogen-bond donors (Lipinski definition) is 1. The lowest BCUT2D eigenvalue weighted by Crippen LogP contribution is -2.25. The summed E-state index contributed by atoms with van der Waals surface area (Å²) in [5, 5.41) is 6.68. The number of carbonyl (C=O) groups excluding carboxylic acids is 1. The van der Waals surface area contributed by atoms with Gasteiger partial charge in [-0.3, -0.25) is 4.79 Å². The van der Waals surface area contributed by atoms with Gasteiger partial charge in [0, 0.05) is 36.8 Å². The third-order valence-electron chi connectivity index (χ3n) is 4.46. The molecule has 126 valence electrons. The van der Waals surface area contributed by atoms with Gasteiger partial charge in [-0.2, -0.15) is 0 Å². The van der Waals surface area contributed by atoms with E-state index in [0.717, 1.165) is 43.2 Å². The first-order valence-electron chi connectivity index (χ1n) is 8.53. The number of nitrogens with one attached hydrogen (secondary N) is 1. The van der Waals surface area contributed by atoms with E-state index in [-0.39, 0.29) is 12.5 Å². The van der Waals surface area contributed by atoms with Crippen molar-refractivity contribution in [3.05, 3.63) is 35.1 Å². The lowest BCUT2D eigenvalue weighted by atomic mass is 10.3. The summed E-state index contributed by atoms with van der Waals surface area (Å²) in [5.41, 5.74) is 1.23. The molecule has 2 aromatic rings. The number of nitrogens with zero attached hydrogens (tertiary/aromatic N) is 4. The monoisotopic (exact) mass is 327 g/mol. The van der Waals surface area contributed by atoms with E-state index in [1.54, 1.807) is 6.07 Å². The second-order valence-electron chi connectivity index (χ2n) is 6.55. The van der Waals surface area contributed by atoms with Crippen LogP contribution in [0.2, 0.25) is 0 Å². The topological polar surface area (TPSA) is 84.2 Å². The molecule has 0 atom stereocenters. The van der Waals surface area contributed by atoms with E-state index in [1.165, 1.54) is 12.8 Å². The van der Waals surface area contributed by atoms with Gasteiger partial charge in [0.05, 0.1) is 6.54 Å². The minimum atomic E-state index is -0.251. The lowest BCUT2D eigenvalue weighted by molar-refractivity contribution is 0.0940. The molecule has 1 aliphatic carbocycles. The molecule has 1 amide bonds. The predicted octanol–water partition coefficient (Wildman–Crippen LogP) is 2.18. The fourth-order valence-electron chi connectivity index (χ4n) is 3.01. The zero-order valence-electron chi connectivity index (χ0n) is 13.8. The molecule has 1 saturated carbocycles. The summed E-state index contributed by atoms with van der Waals surface area (Å²) < 4.78 is 5.22. The molecule has 2 aliphatic rings. The largest absolute Gasteiger partial charge is 0.360 e. The van der Waals surface area contributed by atoms with Gasteiger partial charge >= 0.3 is 0 Å². The third-order valence-corrected chi connectivity index (χ3v) is 4.46. The molecule has 7 nitrogen and oxygen atoms in total. The average molecular weight is 327 g/mol. The highest BCUT2D eigenvalue weighted by Gasteiger charge is 2.28. The standard InChI is InChI=1S/C17H21N5O2/c1-11-8-16(22-6-2-3-7-22)20-15(19-11)10-18-17(23)13-9-14(24-21-13)12-4-5-12/h8-9,12H,2-7,10H2,1H3,(H,18,23). The number of aryl methyl sites for hydroxylation is 1. The fourth-order valence-corrected chi connectivity index (χ4v) is 3.01. The molecule has 0 bridgehead atoms. The second kappa shape index (κ2) is 6.22. The van der Waals surface area contributed by atoms with E-state index in [0.29, 0.717) is 17.4 Å². The Morgan fingerprint density at radius 2 is 2.08 bits per heavy atom. The number of aromatic nitrogens is 3. The van der Waals surface area contributed by atoms with Crippen LogP contribution in [-0.4, -0.2) is 34.1 Å². The number of anilines is 1. The Balaban J connectivity index is 1.41. The van der Waals surface area contributed by atoms with Gasteiger partial charge in [-0.05, 0) is 32.6 Å². The van der Waals surface area contributed by atoms with Crippen LogP contribution < -0.4 is 10.2 Å². The van der Waals surface area contributed by atoms with E-state index in [2.05, 4.69) is 25.3 Å². The van der Waals surface area contributed by atoms with Gasteiger partial charge in [0.2, 0.25) is 0 Å². The first-order valence-corrected chi connectivity index (χ1v) is 8.53. The van der Waals surface area contributed by atoms with Crippen LogP contribution in [0.4, 0.5) is 5.82 Å². The minimum absolute atomic E-state index is 0.251. The summed E-state index contributed by atoms with van der Waals surface area (Å²) in [4.78, 5) is 23.5. The number of rotatable bonds is 5. The predicted molar refractivity (Wildman–Crippen MR) is 87.9 cm³/mol. The quantitative estimate of drug-likeness (QED) is 0.906. The Morgan fingerprint density at radius 3 is 2.83 bits per heavy atom. The number of carbonyl (C=O) groups is 1. The third kappa shape index (κ3) is 3.25. The maximum Gasteiger partial charge on any atom is 0.273 e. The molecule has 2 fully saturated rings. The van der Waals surface area contributed by atoms with Crippen molar-refractivity contribution in [2.75, 3.05) is 18.0 Å². The highest BCUT2D eigenvalue weighted by Crippen LogP contribution is 2.40. The zero-order valence-corrected chi connectivity index (χ0v) is 13.8. The Labute approximate surface area is 140 Å². The van der Waals surface area contributed by atoms with Crippen LogP contribution in [0.3, 0.4) is 0 Å². The molecule has 24 heavy (non-hydrogen) atoms. The van der Waals surface area contributed by atoms with Crippen LogP contribution in [0.15, 0.2) is 16.7 Å². The summed E-state index contributed by atoms with van der Waals surface area (Å²) in [6, 6.07) is 3.73. The van der Waals surface area contributed by atoms with Gasteiger partial charge in [-0.15, -0.1) is 0 Å². The van der Waals surface area contributed by atoms with Crippen molar-refractivity contribution >= 4 is 11.7 Å². The van der Waals surface area contributed by atoms with Crippen molar-refractivity contribution in [1.82, 2.24) is 20.4 Å². The Kier molecular flexibility index (Phi) is 3.92. The molecule has 7 heteroatoms. The van der Waals surface area contributed by atoms with E-state index in [9.17, 15) is 4.79 Å². The van der Waals surface area contributed by atoms with Crippen LogP contribution >= 0.6 is 0 Å². The van der Waals surface area contributed by atoms with Crippen molar-refractivity contribution in [1.29, 1.82) is 0 Å². The number of amides is 1. The van der Waals surface area contributed by atoms with Crippen molar-refractivity contribution in [3.63, 3.8) is 0 Å². The molecule has 0 spiro atoms. The van der Waals surface area contributed by atoms with Gasteiger partial charge in [0.15, 0.2) is 5.69 Å². The van der Waals surface area contributed by atoms with Crippen LogP contribution in [0, 0.1) is 6.92 Å².